The summed E-state index contributed by atoms with van der Waals surface area (Å²) in [6.07, 6.45) is -0.348. The van der Waals surface area contributed by atoms with Gasteiger partial charge in [0.1, 0.15) is 6.04 Å². The van der Waals surface area contributed by atoms with E-state index < -0.39 is 34.7 Å². The summed E-state index contributed by atoms with van der Waals surface area (Å²) < 4.78 is 5.04. The van der Waals surface area contributed by atoms with E-state index in [2.05, 4.69) is 5.32 Å². The Balaban J connectivity index is 1.78. The molecule has 1 amide bonds. The molecule has 0 aromatic heterocycles. The van der Waals surface area contributed by atoms with E-state index in [0.29, 0.717) is 21.9 Å². The molecule has 0 saturated carbocycles. The third kappa shape index (κ3) is 5.40. The number of nitro groups is 1. The Morgan fingerprint density at radius 2 is 1.51 bits per heavy atom. The molecule has 0 unspecified atom stereocenters. The number of rotatable bonds is 9. The van der Waals surface area contributed by atoms with Crippen molar-refractivity contribution in [3.63, 3.8) is 0 Å². The van der Waals surface area contributed by atoms with Crippen LogP contribution in [0.3, 0.4) is 0 Å². The number of ether oxygens (including phenoxy) is 1. The van der Waals surface area contributed by atoms with Crippen LogP contribution >= 0.6 is 0 Å². The van der Waals surface area contributed by atoms with E-state index in [4.69, 9.17) is 4.74 Å². The van der Waals surface area contributed by atoms with Gasteiger partial charge in [0.2, 0.25) is 0 Å². The van der Waals surface area contributed by atoms with Gasteiger partial charge < -0.3 is 15.2 Å². The van der Waals surface area contributed by atoms with Crippen molar-refractivity contribution in [3.8, 4) is 0 Å². The maximum atomic E-state index is 13.7. The lowest BCUT2D eigenvalue weighted by atomic mass is 9.87. The molecule has 4 rings (SSSR count). The number of hydrogen-bond acceptors (Lipinski definition) is 6. The number of hydrogen-bond donors (Lipinski definition) is 2. The van der Waals surface area contributed by atoms with Gasteiger partial charge in [0, 0.05) is 18.1 Å². The van der Waals surface area contributed by atoms with Crippen molar-refractivity contribution in [3.05, 3.63) is 100 Å². The smallest absolute Gasteiger partial charge is 0.326 e. The van der Waals surface area contributed by atoms with Crippen molar-refractivity contribution in [2.75, 3.05) is 6.61 Å². The van der Waals surface area contributed by atoms with Gasteiger partial charge in [-0.3, -0.25) is 19.7 Å². The van der Waals surface area contributed by atoms with E-state index in [-0.39, 0.29) is 18.7 Å². The molecular formula is C28H24N2O7. The van der Waals surface area contributed by atoms with Crippen LogP contribution in [-0.4, -0.2) is 40.5 Å². The van der Waals surface area contributed by atoms with Crippen LogP contribution in [0.1, 0.15) is 35.2 Å². The zero-order chi connectivity index (χ0) is 26.5. The highest BCUT2D eigenvalue weighted by Crippen LogP contribution is 2.31. The van der Waals surface area contributed by atoms with E-state index >= 15 is 0 Å². The number of carbonyl (C=O) groups is 3. The molecule has 0 fully saturated rings. The lowest BCUT2D eigenvalue weighted by molar-refractivity contribution is -0.384. The lowest BCUT2D eigenvalue weighted by Crippen LogP contribution is -2.45. The minimum atomic E-state index is -1.52. The second-order valence-electron chi connectivity index (χ2n) is 8.45. The summed E-state index contributed by atoms with van der Waals surface area (Å²) in [4.78, 5) is 49.1. The Labute approximate surface area is 211 Å². The van der Waals surface area contributed by atoms with Crippen molar-refractivity contribution in [2.24, 2.45) is 0 Å². The highest BCUT2D eigenvalue weighted by Gasteiger charge is 2.34. The Morgan fingerprint density at radius 1 is 0.946 bits per heavy atom. The third-order valence-corrected chi connectivity index (χ3v) is 6.18. The first-order valence-corrected chi connectivity index (χ1v) is 11.6. The second-order valence-corrected chi connectivity index (χ2v) is 8.45. The maximum Gasteiger partial charge on any atom is 0.326 e. The van der Waals surface area contributed by atoms with Crippen molar-refractivity contribution in [2.45, 2.75) is 25.3 Å². The number of nitro benzene ring substituents is 1. The fourth-order valence-electron chi connectivity index (χ4n) is 4.48. The van der Waals surface area contributed by atoms with Crippen LogP contribution in [0.5, 0.6) is 0 Å². The number of carboxylic acid groups (broad SMARTS) is 1. The summed E-state index contributed by atoms with van der Waals surface area (Å²) in [6, 6.07) is 20.3. The number of fused-ring (bicyclic) bond motifs is 2. The predicted molar refractivity (Wildman–Crippen MR) is 137 cm³/mol. The first-order chi connectivity index (χ1) is 17.8. The van der Waals surface area contributed by atoms with Gasteiger partial charge in [-0.25, -0.2) is 4.79 Å². The largest absolute Gasteiger partial charge is 0.480 e. The summed E-state index contributed by atoms with van der Waals surface area (Å²) in [6.45, 7) is 1.72. The Morgan fingerprint density at radius 3 is 2.03 bits per heavy atom. The molecule has 0 aliphatic rings. The fourth-order valence-corrected chi connectivity index (χ4v) is 4.48. The number of carbonyl (C=O) groups excluding carboxylic acids is 2. The van der Waals surface area contributed by atoms with Gasteiger partial charge in [-0.1, -0.05) is 60.7 Å². The van der Waals surface area contributed by atoms with Gasteiger partial charge in [0.15, 0.2) is 0 Å². The molecular weight excluding hydrogens is 476 g/mol. The SMILES string of the molecule is CCOC(=O)C[C@H](c1ccc([N+](=O)[O-])cc1)[C@H](NC(=O)c1c2ccccc2cc2ccccc12)C(=O)O. The number of amides is 1. The maximum absolute atomic E-state index is 13.7. The van der Waals surface area contributed by atoms with Crippen LogP contribution in [0.4, 0.5) is 5.69 Å². The summed E-state index contributed by atoms with van der Waals surface area (Å²) in [5, 5.41) is 26.8. The van der Waals surface area contributed by atoms with Crippen molar-refractivity contribution in [1.29, 1.82) is 0 Å². The van der Waals surface area contributed by atoms with Gasteiger partial charge in [0.05, 0.1) is 23.5 Å². The zero-order valence-corrected chi connectivity index (χ0v) is 19.9. The van der Waals surface area contributed by atoms with E-state index in [0.717, 1.165) is 10.8 Å². The van der Waals surface area contributed by atoms with E-state index in [1.54, 1.807) is 31.2 Å². The minimum Gasteiger partial charge on any atom is -0.480 e. The Kier molecular flexibility index (Phi) is 7.43. The fraction of sp³-hybridized carbons (Fsp3) is 0.179. The summed E-state index contributed by atoms with van der Waals surface area (Å²) in [5.41, 5.74) is 0.476. The topological polar surface area (TPSA) is 136 Å². The third-order valence-electron chi connectivity index (χ3n) is 6.18. The lowest BCUT2D eigenvalue weighted by Gasteiger charge is -2.25. The summed E-state index contributed by atoms with van der Waals surface area (Å²) in [7, 11) is 0. The molecule has 2 atom stereocenters. The molecule has 0 bridgehead atoms. The van der Waals surface area contributed by atoms with Gasteiger partial charge in [-0.2, -0.15) is 0 Å². The first kappa shape index (κ1) is 25.3. The number of nitrogens with one attached hydrogen (secondary N) is 1. The molecule has 0 saturated heterocycles. The predicted octanol–water partition coefficient (Wildman–Crippen LogP) is 4.82. The molecule has 9 nitrogen and oxygen atoms in total. The average molecular weight is 501 g/mol. The van der Waals surface area contributed by atoms with Gasteiger partial charge in [-0.05, 0) is 40.1 Å². The van der Waals surface area contributed by atoms with Crippen LogP contribution in [0.2, 0.25) is 0 Å². The van der Waals surface area contributed by atoms with Crippen LogP contribution in [-0.2, 0) is 14.3 Å². The normalized spacial score (nSPS) is 12.6. The van der Waals surface area contributed by atoms with E-state index in [1.807, 2.05) is 30.3 Å². The van der Waals surface area contributed by atoms with E-state index in [9.17, 15) is 29.6 Å². The minimum absolute atomic E-state index is 0.0951. The van der Waals surface area contributed by atoms with Gasteiger partial charge >= 0.3 is 11.9 Å². The average Bonchev–Trinajstić information content (AvgIpc) is 2.89. The highest BCUT2D eigenvalue weighted by atomic mass is 16.6. The van der Waals surface area contributed by atoms with Crippen molar-refractivity contribution in [1.82, 2.24) is 5.32 Å². The molecule has 0 aliphatic heterocycles. The number of carboxylic acids is 1. The van der Waals surface area contributed by atoms with Crippen LogP contribution in [0.25, 0.3) is 21.5 Å². The Bertz CT molecular complexity index is 1440. The van der Waals surface area contributed by atoms with Gasteiger partial charge in [0.25, 0.3) is 11.6 Å². The van der Waals surface area contributed by atoms with Crippen molar-refractivity contribution < 1.29 is 29.2 Å². The molecule has 0 radical (unpaired) electrons. The van der Waals surface area contributed by atoms with Gasteiger partial charge in [-0.15, -0.1) is 0 Å². The second kappa shape index (κ2) is 10.9. The van der Waals surface area contributed by atoms with Crippen LogP contribution < -0.4 is 5.32 Å². The number of nitrogens with zero attached hydrogens (tertiary/aromatic N) is 1. The van der Waals surface area contributed by atoms with Crippen molar-refractivity contribution >= 4 is 45.1 Å². The molecule has 0 aliphatic carbocycles. The molecule has 9 heteroatoms. The molecule has 0 heterocycles. The summed E-state index contributed by atoms with van der Waals surface area (Å²) >= 11 is 0. The summed E-state index contributed by atoms with van der Waals surface area (Å²) in [5.74, 6) is -3.66. The number of esters is 1. The molecule has 37 heavy (non-hydrogen) atoms. The first-order valence-electron chi connectivity index (χ1n) is 11.6. The quantitative estimate of drug-likeness (QED) is 0.145. The van der Waals surface area contributed by atoms with Crippen LogP contribution in [0.15, 0.2) is 78.9 Å². The number of non-ortho nitro benzene ring substituents is 1. The molecule has 0 spiro atoms. The monoisotopic (exact) mass is 500 g/mol. The molecule has 188 valence electrons. The van der Waals surface area contributed by atoms with E-state index in [1.165, 1.54) is 24.3 Å². The molecule has 4 aromatic carbocycles. The molecule has 4 aromatic rings. The number of benzene rings is 4. The molecule has 2 N–H and O–H groups in total. The highest BCUT2D eigenvalue weighted by molar-refractivity contribution is 6.18. The number of aliphatic carboxylic acids is 1. The van der Waals surface area contributed by atoms with Crippen LogP contribution in [0, 0.1) is 10.1 Å². The Hall–Kier alpha value is -4.79. The standard InChI is InChI=1S/C28H24N2O7/c1-2-37-24(31)16-23(17-11-13-20(14-12-17)30(35)36)26(28(33)34)29-27(32)25-21-9-5-3-7-18(21)15-19-8-4-6-10-22(19)25/h3-15,23,26H,2,16H2,1H3,(H,29,32)(H,33,34)/t23-,26+/m1/s1. The zero-order valence-electron chi connectivity index (χ0n) is 19.9.